The predicted octanol–water partition coefficient (Wildman–Crippen LogP) is 4.16. The van der Waals surface area contributed by atoms with Gasteiger partial charge in [0.05, 0.1) is 27.8 Å². The third-order valence-corrected chi connectivity index (χ3v) is 8.09. The number of ether oxygens (including phenoxy) is 1. The van der Waals surface area contributed by atoms with Gasteiger partial charge in [0.1, 0.15) is 5.82 Å². The second-order valence-electron chi connectivity index (χ2n) is 9.86. The lowest BCUT2D eigenvalue weighted by Crippen LogP contribution is -2.39. The number of carboxylic acid groups (broad SMARTS) is 1. The smallest absolute Gasteiger partial charge is 0.449 e. The molecule has 2 aromatic rings. The normalized spacial score (nSPS) is 28.9. The first kappa shape index (κ1) is 21.0. The first-order chi connectivity index (χ1) is 15.8. The van der Waals surface area contributed by atoms with Gasteiger partial charge in [0.25, 0.3) is 0 Å². The summed E-state index contributed by atoms with van der Waals surface area (Å²) in [6, 6.07) is 1.17. The molecule has 7 nitrogen and oxygen atoms in total. The number of anilines is 1. The third kappa shape index (κ3) is 3.42. The molecule has 1 aromatic heterocycles. The molecule has 1 saturated heterocycles. The predicted molar refractivity (Wildman–Crippen MR) is 123 cm³/mol. The molecule has 0 amide bonds. The van der Waals surface area contributed by atoms with E-state index in [1.807, 2.05) is 4.90 Å². The molecule has 0 radical (unpaired) electrons. The van der Waals surface area contributed by atoms with Gasteiger partial charge >= 0.3 is 6.16 Å². The maximum absolute atomic E-state index is 15.5. The van der Waals surface area contributed by atoms with Crippen LogP contribution in [0.25, 0.3) is 10.9 Å². The Kier molecular flexibility index (Phi) is 4.75. The van der Waals surface area contributed by atoms with Crippen molar-refractivity contribution in [3.8, 4) is 5.75 Å². The van der Waals surface area contributed by atoms with Gasteiger partial charge in [-0.2, -0.15) is 0 Å². The molecular formula is C24H25ClFN3O4. The molecule has 0 spiro atoms. The Labute approximate surface area is 194 Å². The van der Waals surface area contributed by atoms with Crippen LogP contribution in [-0.4, -0.2) is 35.0 Å². The summed E-state index contributed by atoms with van der Waals surface area (Å²) in [5.74, 6) is 0.779. The molecule has 4 unspecified atom stereocenters. The average Bonchev–Trinajstić information content (AvgIpc) is 3.68. The van der Waals surface area contributed by atoms with Gasteiger partial charge in [-0.15, -0.1) is 0 Å². The van der Waals surface area contributed by atoms with Crippen molar-refractivity contribution >= 4 is 34.3 Å². The topological polar surface area (TPSA) is 97.8 Å². The largest absolute Gasteiger partial charge is 0.511 e. The summed E-state index contributed by atoms with van der Waals surface area (Å²) in [5, 5.41) is 9.21. The molecule has 33 heavy (non-hydrogen) atoms. The van der Waals surface area contributed by atoms with E-state index in [1.54, 1.807) is 4.57 Å². The lowest BCUT2D eigenvalue weighted by atomic mass is 9.74. The highest BCUT2D eigenvalue weighted by Crippen LogP contribution is 2.50. The SMILES string of the molecule is NC1C=CC(C2CC2)C2CN(c3c(F)cc4c(=O)c(OC(=O)O)cn(C5CC5)c4c3Cl)CC12. The fourth-order valence-electron chi connectivity index (χ4n) is 5.88. The van der Waals surface area contributed by atoms with Crippen LogP contribution in [0.3, 0.4) is 0 Å². The Morgan fingerprint density at radius 1 is 1.18 bits per heavy atom. The van der Waals surface area contributed by atoms with Crippen molar-refractivity contribution in [3.05, 3.63) is 45.5 Å². The zero-order chi connectivity index (χ0) is 23.0. The number of hydrogen-bond acceptors (Lipinski definition) is 5. The number of halogens is 2. The Morgan fingerprint density at radius 3 is 2.58 bits per heavy atom. The molecule has 1 aliphatic heterocycles. The van der Waals surface area contributed by atoms with Crippen molar-refractivity contribution < 1.29 is 19.0 Å². The minimum absolute atomic E-state index is 0.0257. The first-order valence-corrected chi connectivity index (χ1v) is 11.9. The number of pyridine rings is 1. The number of allylic oxidation sites excluding steroid dienone is 1. The zero-order valence-electron chi connectivity index (χ0n) is 17.9. The summed E-state index contributed by atoms with van der Waals surface area (Å²) in [5.41, 5.74) is 6.44. The second kappa shape index (κ2) is 7.46. The molecule has 6 rings (SSSR count). The van der Waals surface area contributed by atoms with Crippen molar-refractivity contribution in [3.63, 3.8) is 0 Å². The zero-order valence-corrected chi connectivity index (χ0v) is 18.7. The number of carbonyl (C=O) groups is 1. The highest BCUT2D eigenvalue weighted by atomic mass is 35.5. The Morgan fingerprint density at radius 2 is 1.91 bits per heavy atom. The summed E-state index contributed by atoms with van der Waals surface area (Å²) in [6.45, 7) is 1.27. The number of rotatable bonds is 4. The monoisotopic (exact) mass is 473 g/mol. The van der Waals surface area contributed by atoms with E-state index in [0.29, 0.717) is 42.0 Å². The fourth-order valence-corrected chi connectivity index (χ4v) is 6.29. The Hall–Kier alpha value is -2.58. The van der Waals surface area contributed by atoms with Crippen molar-refractivity contribution in [2.45, 2.75) is 37.8 Å². The van der Waals surface area contributed by atoms with Crippen molar-refractivity contribution in [2.75, 3.05) is 18.0 Å². The molecule has 4 atom stereocenters. The molecular weight excluding hydrogens is 449 g/mol. The lowest BCUT2D eigenvalue weighted by molar-refractivity contribution is 0.143. The van der Waals surface area contributed by atoms with Gasteiger partial charge in [0.2, 0.25) is 5.43 Å². The van der Waals surface area contributed by atoms with Gasteiger partial charge in [0, 0.05) is 31.1 Å². The Bertz CT molecular complexity index is 1250. The highest BCUT2D eigenvalue weighted by Gasteiger charge is 2.47. The van der Waals surface area contributed by atoms with E-state index in [1.165, 1.54) is 25.1 Å². The molecule has 3 aliphatic carbocycles. The number of nitrogens with two attached hydrogens (primary N) is 1. The van der Waals surface area contributed by atoms with Crippen LogP contribution in [0, 0.1) is 29.5 Å². The van der Waals surface area contributed by atoms with E-state index >= 15 is 4.39 Å². The summed E-state index contributed by atoms with van der Waals surface area (Å²) in [6.07, 6.45) is 8.33. The quantitative estimate of drug-likeness (QED) is 0.511. The van der Waals surface area contributed by atoms with Crippen LogP contribution in [0.1, 0.15) is 31.7 Å². The second-order valence-corrected chi connectivity index (χ2v) is 10.2. The van der Waals surface area contributed by atoms with E-state index in [-0.39, 0.29) is 34.2 Å². The van der Waals surface area contributed by atoms with Crippen molar-refractivity contribution in [1.82, 2.24) is 4.57 Å². The maximum Gasteiger partial charge on any atom is 0.511 e. The number of fused-ring (bicyclic) bond motifs is 2. The molecule has 4 aliphatic rings. The van der Waals surface area contributed by atoms with Crippen LogP contribution in [0.5, 0.6) is 5.75 Å². The molecule has 1 aromatic carbocycles. The van der Waals surface area contributed by atoms with Crippen molar-refractivity contribution in [2.24, 2.45) is 29.4 Å². The van der Waals surface area contributed by atoms with Crippen LogP contribution in [0.4, 0.5) is 14.9 Å². The van der Waals surface area contributed by atoms with Gasteiger partial charge in [-0.3, -0.25) is 4.79 Å². The number of aromatic nitrogens is 1. The van der Waals surface area contributed by atoms with Gasteiger partial charge < -0.3 is 25.0 Å². The first-order valence-electron chi connectivity index (χ1n) is 11.5. The Balaban J connectivity index is 1.46. The third-order valence-electron chi connectivity index (χ3n) is 7.73. The van der Waals surface area contributed by atoms with E-state index in [2.05, 4.69) is 16.9 Å². The summed E-state index contributed by atoms with van der Waals surface area (Å²) >= 11 is 6.83. The van der Waals surface area contributed by atoms with Crippen LogP contribution in [0.2, 0.25) is 5.02 Å². The number of benzene rings is 1. The summed E-state index contributed by atoms with van der Waals surface area (Å²) < 4.78 is 22.0. The van der Waals surface area contributed by atoms with Crippen LogP contribution < -0.4 is 20.8 Å². The highest BCUT2D eigenvalue weighted by molar-refractivity contribution is 6.38. The summed E-state index contributed by atoms with van der Waals surface area (Å²) in [4.78, 5) is 25.9. The average molecular weight is 474 g/mol. The maximum atomic E-state index is 15.5. The molecule has 2 saturated carbocycles. The van der Waals surface area contributed by atoms with Gasteiger partial charge in [-0.1, -0.05) is 23.8 Å². The van der Waals surface area contributed by atoms with Gasteiger partial charge in [0.15, 0.2) is 5.75 Å². The molecule has 174 valence electrons. The van der Waals surface area contributed by atoms with Crippen LogP contribution in [-0.2, 0) is 0 Å². The number of hydrogen-bond donors (Lipinski definition) is 2. The minimum Gasteiger partial charge on any atom is -0.449 e. The molecule has 2 heterocycles. The minimum atomic E-state index is -1.59. The van der Waals surface area contributed by atoms with E-state index in [4.69, 9.17) is 22.4 Å². The number of nitrogens with zero attached hydrogens (tertiary/aromatic N) is 2. The fraction of sp³-hybridized carbons (Fsp3) is 0.500. The molecule has 3 fully saturated rings. The standard InChI is InChI=1S/C24H25ClFN3O4/c25-20-21-14(23(30)19(33-24(31)32)10-29(21)12-3-4-12)7-17(26)22(20)28-8-15-13(11-1-2-11)5-6-18(27)16(15)9-28/h5-7,10-13,15-16,18H,1-4,8-9,27H2,(H,31,32). The lowest BCUT2D eigenvalue weighted by Gasteiger charge is -2.32. The molecule has 0 bridgehead atoms. The molecule has 3 N–H and O–H groups in total. The van der Waals surface area contributed by atoms with Gasteiger partial charge in [-0.05, 0) is 49.5 Å². The van der Waals surface area contributed by atoms with Crippen LogP contribution in [0.15, 0.2) is 29.2 Å². The van der Waals surface area contributed by atoms with E-state index < -0.39 is 17.4 Å². The summed E-state index contributed by atoms with van der Waals surface area (Å²) in [7, 11) is 0. The van der Waals surface area contributed by atoms with Crippen molar-refractivity contribution in [1.29, 1.82) is 0 Å². The van der Waals surface area contributed by atoms with Gasteiger partial charge in [-0.25, -0.2) is 9.18 Å². The van der Waals surface area contributed by atoms with E-state index in [9.17, 15) is 9.59 Å². The molecule has 9 heteroatoms. The van der Waals surface area contributed by atoms with E-state index in [0.717, 1.165) is 12.8 Å². The van der Waals surface area contributed by atoms with Crippen LogP contribution >= 0.6 is 11.6 Å².